The molecule has 0 spiro atoms. The second-order valence-electron chi connectivity index (χ2n) is 2.71. The Kier molecular flexibility index (Phi) is 5.16. The molecule has 0 saturated heterocycles. The standard InChI is InChI=1S/C11H16O2S/c1-5-8-10(4)14(12,13)11(7-3)9-6-2/h5-9H,1H2,2-4H3/b9-6-,10-8+,11-7+. The molecule has 0 aromatic heterocycles. The van der Waals surface area contributed by atoms with Crippen molar-refractivity contribution in [1.82, 2.24) is 0 Å². The van der Waals surface area contributed by atoms with E-state index in [-0.39, 0.29) is 0 Å². The van der Waals surface area contributed by atoms with E-state index in [1.165, 1.54) is 12.2 Å². The Hall–Kier alpha value is -1.09. The molecule has 0 amide bonds. The number of sulfone groups is 1. The molecular formula is C11H16O2S. The first-order chi connectivity index (χ1) is 6.50. The SMILES string of the molecule is C=C/C=C(\C)S(=O)(=O)C(/C=C\C)=C/C. The summed E-state index contributed by atoms with van der Waals surface area (Å²) >= 11 is 0. The first-order valence-electron chi connectivity index (χ1n) is 4.34. The zero-order valence-electron chi connectivity index (χ0n) is 8.82. The number of hydrogen-bond acceptors (Lipinski definition) is 2. The molecule has 0 aliphatic carbocycles. The van der Waals surface area contributed by atoms with Crippen LogP contribution in [0.2, 0.25) is 0 Å². The summed E-state index contributed by atoms with van der Waals surface area (Å²) in [5, 5.41) is 0. The van der Waals surface area contributed by atoms with E-state index in [4.69, 9.17) is 0 Å². The fourth-order valence-electron chi connectivity index (χ4n) is 0.947. The van der Waals surface area contributed by atoms with E-state index in [0.29, 0.717) is 9.81 Å². The Labute approximate surface area is 86.3 Å². The summed E-state index contributed by atoms with van der Waals surface area (Å²) in [4.78, 5) is 0.620. The van der Waals surface area contributed by atoms with E-state index >= 15 is 0 Å². The third-order valence-corrected chi connectivity index (χ3v) is 3.68. The highest BCUT2D eigenvalue weighted by Crippen LogP contribution is 2.17. The Morgan fingerprint density at radius 2 is 1.86 bits per heavy atom. The molecule has 0 aromatic carbocycles. The van der Waals surface area contributed by atoms with Crippen LogP contribution in [0, 0.1) is 0 Å². The summed E-state index contributed by atoms with van der Waals surface area (Å²) in [6, 6.07) is 0. The van der Waals surface area contributed by atoms with E-state index in [1.807, 2.05) is 0 Å². The molecule has 14 heavy (non-hydrogen) atoms. The molecule has 0 aromatic rings. The number of rotatable bonds is 4. The average Bonchev–Trinajstić information content (AvgIpc) is 2.14. The van der Waals surface area contributed by atoms with Crippen molar-refractivity contribution in [2.75, 3.05) is 0 Å². The predicted molar refractivity (Wildman–Crippen MR) is 61.4 cm³/mol. The second kappa shape index (κ2) is 5.60. The fraction of sp³-hybridized carbons (Fsp3) is 0.273. The van der Waals surface area contributed by atoms with Gasteiger partial charge in [-0.15, -0.1) is 0 Å². The minimum absolute atomic E-state index is 0.304. The maximum atomic E-state index is 11.8. The summed E-state index contributed by atoms with van der Waals surface area (Å²) in [6.45, 7) is 8.51. The molecule has 0 fully saturated rings. The molecular weight excluding hydrogens is 196 g/mol. The Morgan fingerprint density at radius 1 is 1.29 bits per heavy atom. The van der Waals surface area contributed by atoms with E-state index in [9.17, 15) is 8.42 Å². The summed E-state index contributed by atoms with van der Waals surface area (Å²) in [5.74, 6) is 0. The van der Waals surface area contributed by atoms with Gasteiger partial charge in [0.2, 0.25) is 9.84 Å². The van der Waals surface area contributed by atoms with E-state index in [0.717, 1.165) is 0 Å². The normalized spacial score (nSPS) is 14.8. The average molecular weight is 212 g/mol. The Morgan fingerprint density at radius 3 is 2.21 bits per heavy atom. The van der Waals surface area contributed by atoms with Gasteiger partial charge < -0.3 is 0 Å². The van der Waals surface area contributed by atoms with Gasteiger partial charge in [0.25, 0.3) is 0 Å². The summed E-state index contributed by atoms with van der Waals surface area (Å²) in [5.41, 5.74) is 0. The maximum Gasteiger partial charge on any atom is 0.202 e. The van der Waals surface area contributed by atoms with E-state index in [1.54, 1.807) is 39.0 Å². The smallest absolute Gasteiger partial charge is 0.202 e. The van der Waals surface area contributed by atoms with Crippen LogP contribution in [0.3, 0.4) is 0 Å². The monoisotopic (exact) mass is 212 g/mol. The molecule has 0 aliphatic rings. The van der Waals surface area contributed by atoms with Crippen molar-refractivity contribution in [3.63, 3.8) is 0 Å². The fourth-order valence-corrected chi connectivity index (χ4v) is 2.22. The molecule has 0 heterocycles. The Balaban J connectivity index is 5.36. The largest absolute Gasteiger partial charge is 0.219 e. The number of allylic oxidation sites excluding steroid dienone is 6. The van der Waals surface area contributed by atoms with Crippen molar-refractivity contribution in [3.05, 3.63) is 46.8 Å². The van der Waals surface area contributed by atoms with E-state index < -0.39 is 9.84 Å². The lowest BCUT2D eigenvalue weighted by atomic mass is 10.4. The quantitative estimate of drug-likeness (QED) is 0.671. The molecule has 3 heteroatoms. The summed E-state index contributed by atoms with van der Waals surface area (Å²) in [7, 11) is -3.31. The molecule has 0 rings (SSSR count). The first kappa shape index (κ1) is 12.9. The van der Waals surface area contributed by atoms with Gasteiger partial charge in [-0.05, 0) is 32.9 Å². The van der Waals surface area contributed by atoms with Crippen molar-refractivity contribution in [2.45, 2.75) is 20.8 Å². The van der Waals surface area contributed by atoms with Crippen molar-refractivity contribution in [2.24, 2.45) is 0 Å². The van der Waals surface area contributed by atoms with Crippen LogP contribution in [-0.4, -0.2) is 8.42 Å². The minimum atomic E-state index is -3.31. The van der Waals surface area contributed by atoms with Crippen LogP contribution < -0.4 is 0 Å². The van der Waals surface area contributed by atoms with Gasteiger partial charge in [0, 0.05) is 4.91 Å². The highest BCUT2D eigenvalue weighted by atomic mass is 32.2. The van der Waals surface area contributed by atoms with E-state index in [2.05, 4.69) is 6.58 Å². The van der Waals surface area contributed by atoms with Gasteiger partial charge in [-0.3, -0.25) is 0 Å². The van der Waals surface area contributed by atoms with Gasteiger partial charge in [0.1, 0.15) is 0 Å². The Bertz CT molecular complexity index is 382. The molecule has 0 N–H and O–H groups in total. The molecule has 0 radical (unpaired) electrons. The van der Waals surface area contributed by atoms with Gasteiger partial charge >= 0.3 is 0 Å². The molecule has 0 unspecified atom stereocenters. The van der Waals surface area contributed by atoms with Crippen molar-refractivity contribution in [3.8, 4) is 0 Å². The molecule has 78 valence electrons. The first-order valence-corrected chi connectivity index (χ1v) is 5.82. The van der Waals surface area contributed by atoms with Gasteiger partial charge in [0.15, 0.2) is 0 Å². The zero-order chi connectivity index (χ0) is 11.2. The van der Waals surface area contributed by atoms with Crippen LogP contribution in [0.5, 0.6) is 0 Å². The topological polar surface area (TPSA) is 34.1 Å². The highest BCUT2D eigenvalue weighted by molar-refractivity contribution is 7.99. The van der Waals surface area contributed by atoms with Gasteiger partial charge in [-0.25, -0.2) is 8.42 Å². The summed E-state index contributed by atoms with van der Waals surface area (Å²) in [6.07, 6.45) is 7.82. The highest BCUT2D eigenvalue weighted by Gasteiger charge is 2.15. The van der Waals surface area contributed by atoms with Crippen LogP contribution in [0.1, 0.15) is 20.8 Å². The summed E-state index contributed by atoms with van der Waals surface area (Å²) < 4.78 is 23.6. The zero-order valence-corrected chi connectivity index (χ0v) is 9.64. The maximum absolute atomic E-state index is 11.8. The van der Waals surface area contributed by atoms with Gasteiger partial charge in [-0.2, -0.15) is 0 Å². The third kappa shape index (κ3) is 3.00. The minimum Gasteiger partial charge on any atom is -0.219 e. The molecule has 0 aliphatic heterocycles. The van der Waals surface area contributed by atoms with Crippen LogP contribution in [0.15, 0.2) is 46.8 Å². The van der Waals surface area contributed by atoms with Crippen LogP contribution in [0.25, 0.3) is 0 Å². The molecule has 0 bridgehead atoms. The predicted octanol–water partition coefficient (Wildman–Crippen LogP) is 2.97. The van der Waals surface area contributed by atoms with Crippen molar-refractivity contribution in [1.29, 1.82) is 0 Å². The third-order valence-electron chi connectivity index (χ3n) is 1.70. The van der Waals surface area contributed by atoms with Crippen LogP contribution >= 0.6 is 0 Å². The van der Waals surface area contributed by atoms with Gasteiger partial charge in [-0.1, -0.05) is 24.8 Å². The van der Waals surface area contributed by atoms with Crippen molar-refractivity contribution < 1.29 is 8.42 Å². The lowest BCUT2D eigenvalue weighted by molar-refractivity contribution is 0.608. The lowest BCUT2D eigenvalue weighted by Crippen LogP contribution is -2.03. The second-order valence-corrected chi connectivity index (χ2v) is 4.83. The molecule has 2 nitrogen and oxygen atoms in total. The molecule has 0 saturated carbocycles. The lowest BCUT2D eigenvalue weighted by Gasteiger charge is -2.03. The van der Waals surface area contributed by atoms with Crippen LogP contribution in [0.4, 0.5) is 0 Å². The molecule has 0 atom stereocenters. The number of hydrogen-bond donors (Lipinski definition) is 0. The van der Waals surface area contributed by atoms with Gasteiger partial charge in [0.05, 0.1) is 4.91 Å². The van der Waals surface area contributed by atoms with Crippen LogP contribution in [-0.2, 0) is 9.84 Å². The van der Waals surface area contributed by atoms with Crippen molar-refractivity contribution >= 4 is 9.84 Å².